The number of anilines is 1. The molecule has 9 heteroatoms. The number of carboxylic acid groups (broad SMARTS) is 1. The molecule has 0 fully saturated rings. The second-order valence-corrected chi connectivity index (χ2v) is 8.46. The SMILES string of the molecule is COc1ccc(-c2ccccc2-c2csc(N(C)C(=O)C(CC(=O)O)Cc3ccco3)n2)cn1. The van der Waals surface area contributed by atoms with Gasteiger partial charge in [0.15, 0.2) is 5.13 Å². The number of benzene rings is 1. The molecule has 4 aromatic rings. The number of pyridine rings is 1. The third-order valence-corrected chi connectivity index (χ3v) is 6.28. The number of nitrogens with zero attached hydrogens (tertiary/aromatic N) is 3. The molecule has 1 atom stereocenters. The first kappa shape index (κ1) is 23.2. The first-order valence-electron chi connectivity index (χ1n) is 10.5. The predicted molar refractivity (Wildman–Crippen MR) is 129 cm³/mol. The smallest absolute Gasteiger partial charge is 0.304 e. The second-order valence-electron chi connectivity index (χ2n) is 7.63. The van der Waals surface area contributed by atoms with E-state index in [9.17, 15) is 14.7 Å². The monoisotopic (exact) mass is 477 g/mol. The lowest BCUT2D eigenvalue weighted by Crippen LogP contribution is -2.35. The van der Waals surface area contributed by atoms with Gasteiger partial charge in [-0.3, -0.25) is 14.5 Å². The van der Waals surface area contributed by atoms with Crippen molar-refractivity contribution in [1.29, 1.82) is 0 Å². The van der Waals surface area contributed by atoms with Gasteiger partial charge < -0.3 is 14.3 Å². The Morgan fingerprint density at radius 1 is 1.15 bits per heavy atom. The Labute approximate surface area is 200 Å². The number of amides is 1. The average Bonchev–Trinajstić information content (AvgIpc) is 3.55. The van der Waals surface area contributed by atoms with Gasteiger partial charge in [-0.05, 0) is 23.8 Å². The summed E-state index contributed by atoms with van der Waals surface area (Å²) in [5.74, 6) is -1.04. The van der Waals surface area contributed by atoms with Crippen LogP contribution in [-0.2, 0) is 16.0 Å². The van der Waals surface area contributed by atoms with Crippen LogP contribution in [0.3, 0.4) is 0 Å². The Balaban J connectivity index is 1.59. The molecule has 1 N–H and O–H groups in total. The van der Waals surface area contributed by atoms with Crippen molar-refractivity contribution in [1.82, 2.24) is 9.97 Å². The molecule has 0 aliphatic rings. The Kier molecular flexibility index (Phi) is 7.03. The largest absolute Gasteiger partial charge is 0.481 e. The zero-order valence-electron chi connectivity index (χ0n) is 18.7. The van der Waals surface area contributed by atoms with Crippen LogP contribution in [0.5, 0.6) is 5.88 Å². The lowest BCUT2D eigenvalue weighted by molar-refractivity contribution is -0.140. The number of methoxy groups -OCH3 is 1. The van der Waals surface area contributed by atoms with Gasteiger partial charge in [0.25, 0.3) is 0 Å². The number of aromatic nitrogens is 2. The highest BCUT2D eigenvalue weighted by Gasteiger charge is 2.28. The Morgan fingerprint density at radius 2 is 1.94 bits per heavy atom. The summed E-state index contributed by atoms with van der Waals surface area (Å²) in [6.07, 6.45) is 3.15. The normalized spacial score (nSPS) is 11.7. The summed E-state index contributed by atoms with van der Waals surface area (Å²) in [4.78, 5) is 34.9. The van der Waals surface area contributed by atoms with Crippen LogP contribution in [0.2, 0.25) is 0 Å². The number of thiazole rings is 1. The summed E-state index contributed by atoms with van der Waals surface area (Å²) in [5, 5.41) is 11.7. The van der Waals surface area contributed by atoms with Crippen molar-refractivity contribution in [2.24, 2.45) is 5.92 Å². The van der Waals surface area contributed by atoms with Gasteiger partial charge >= 0.3 is 5.97 Å². The lowest BCUT2D eigenvalue weighted by atomic mass is 9.98. The van der Waals surface area contributed by atoms with Gasteiger partial charge in [-0.2, -0.15) is 0 Å². The molecule has 0 radical (unpaired) electrons. The molecule has 3 aromatic heterocycles. The highest BCUT2D eigenvalue weighted by molar-refractivity contribution is 7.14. The minimum Gasteiger partial charge on any atom is -0.481 e. The van der Waals surface area contributed by atoms with Crippen LogP contribution in [0.4, 0.5) is 5.13 Å². The molecular formula is C25H23N3O5S. The third kappa shape index (κ3) is 5.15. The molecule has 0 spiro atoms. The molecule has 0 aliphatic heterocycles. The number of carbonyl (C=O) groups excluding carboxylic acids is 1. The standard InChI is InChI=1S/C25H23N3O5S/c1-28(24(31)17(13-23(29)30)12-18-6-5-11-33-18)25-27-21(15-34-25)20-8-4-3-7-19(20)16-9-10-22(32-2)26-14-16/h3-11,14-15,17H,12-13H2,1-2H3,(H,29,30). The molecule has 1 amide bonds. The number of aliphatic carboxylic acids is 1. The van der Waals surface area contributed by atoms with E-state index >= 15 is 0 Å². The minimum atomic E-state index is -1.04. The maximum Gasteiger partial charge on any atom is 0.304 e. The Bertz CT molecular complexity index is 1270. The fourth-order valence-electron chi connectivity index (χ4n) is 3.66. The fraction of sp³-hybridized carbons (Fsp3) is 0.200. The van der Waals surface area contributed by atoms with E-state index in [0.29, 0.717) is 22.5 Å². The number of carboxylic acids is 1. The molecule has 0 bridgehead atoms. The van der Waals surface area contributed by atoms with E-state index < -0.39 is 11.9 Å². The van der Waals surface area contributed by atoms with E-state index in [1.807, 2.05) is 35.7 Å². The summed E-state index contributed by atoms with van der Waals surface area (Å²) < 4.78 is 10.5. The van der Waals surface area contributed by atoms with E-state index in [2.05, 4.69) is 9.97 Å². The summed E-state index contributed by atoms with van der Waals surface area (Å²) >= 11 is 1.32. The van der Waals surface area contributed by atoms with Gasteiger partial charge in [0.05, 0.1) is 31.4 Å². The van der Waals surface area contributed by atoms with Crippen molar-refractivity contribution in [2.75, 3.05) is 19.1 Å². The number of hydrogen-bond donors (Lipinski definition) is 1. The molecule has 4 rings (SSSR count). The van der Waals surface area contributed by atoms with Crippen molar-refractivity contribution < 1.29 is 23.8 Å². The van der Waals surface area contributed by atoms with Gasteiger partial charge in [0.2, 0.25) is 11.8 Å². The van der Waals surface area contributed by atoms with Gasteiger partial charge in [-0.25, -0.2) is 9.97 Å². The highest BCUT2D eigenvalue weighted by Crippen LogP contribution is 2.35. The lowest BCUT2D eigenvalue weighted by Gasteiger charge is -2.20. The fourth-order valence-corrected chi connectivity index (χ4v) is 4.45. The van der Waals surface area contributed by atoms with Crippen LogP contribution in [0.25, 0.3) is 22.4 Å². The first-order chi connectivity index (χ1) is 16.5. The molecule has 1 aromatic carbocycles. The molecule has 0 saturated heterocycles. The van der Waals surface area contributed by atoms with Crippen LogP contribution in [0.15, 0.2) is 70.8 Å². The van der Waals surface area contributed by atoms with Crippen molar-refractivity contribution in [3.8, 4) is 28.3 Å². The predicted octanol–water partition coefficient (Wildman–Crippen LogP) is 4.77. The molecule has 8 nitrogen and oxygen atoms in total. The zero-order chi connectivity index (χ0) is 24.1. The van der Waals surface area contributed by atoms with E-state index in [4.69, 9.17) is 9.15 Å². The Hall–Kier alpha value is -3.98. The summed E-state index contributed by atoms with van der Waals surface area (Å²) in [5.41, 5.74) is 3.47. The van der Waals surface area contributed by atoms with Crippen LogP contribution in [0, 0.1) is 5.92 Å². The molecular weight excluding hydrogens is 454 g/mol. The summed E-state index contributed by atoms with van der Waals surface area (Å²) in [6.45, 7) is 0. The van der Waals surface area contributed by atoms with Crippen molar-refractivity contribution in [3.05, 3.63) is 72.1 Å². The highest BCUT2D eigenvalue weighted by atomic mass is 32.1. The number of rotatable bonds is 9. The number of hydrogen-bond acceptors (Lipinski definition) is 7. The topological polar surface area (TPSA) is 106 Å². The van der Waals surface area contributed by atoms with Crippen molar-refractivity contribution >= 4 is 28.3 Å². The molecule has 34 heavy (non-hydrogen) atoms. The van der Waals surface area contributed by atoms with E-state index in [1.54, 1.807) is 38.6 Å². The van der Waals surface area contributed by atoms with Crippen LogP contribution in [0.1, 0.15) is 12.2 Å². The molecule has 1 unspecified atom stereocenters. The maximum absolute atomic E-state index is 13.2. The van der Waals surface area contributed by atoms with Gasteiger partial charge in [-0.1, -0.05) is 24.3 Å². The van der Waals surface area contributed by atoms with E-state index in [-0.39, 0.29) is 18.7 Å². The first-order valence-corrected chi connectivity index (χ1v) is 11.4. The summed E-state index contributed by atoms with van der Waals surface area (Å²) in [7, 11) is 3.18. The quantitative estimate of drug-likeness (QED) is 0.370. The van der Waals surface area contributed by atoms with E-state index in [0.717, 1.165) is 16.7 Å². The van der Waals surface area contributed by atoms with Gasteiger partial charge in [-0.15, -0.1) is 11.3 Å². The van der Waals surface area contributed by atoms with Crippen molar-refractivity contribution in [3.63, 3.8) is 0 Å². The van der Waals surface area contributed by atoms with Crippen LogP contribution in [-0.4, -0.2) is 41.1 Å². The molecule has 0 aliphatic carbocycles. The molecule has 3 heterocycles. The van der Waals surface area contributed by atoms with Crippen molar-refractivity contribution in [2.45, 2.75) is 12.8 Å². The second kappa shape index (κ2) is 10.3. The Morgan fingerprint density at radius 3 is 2.59 bits per heavy atom. The number of furan rings is 1. The third-order valence-electron chi connectivity index (χ3n) is 5.37. The summed E-state index contributed by atoms with van der Waals surface area (Å²) in [6, 6.07) is 15.0. The van der Waals surface area contributed by atoms with E-state index in [1.165, 1.54) is 22.5 Å². The number of ether oxygens (including phenoxy) is 1. The molecule has 0 saturated carbocycles. The number of carbonyl (C=O) groups is 2. The van der Waals surface area contributed by atoms with Gasteiger partial charge in [0.1, 0.15) is 5.76 Å². The zero-order valence-corrected chi connectivity index (χ0v) is 19.5. The minimum absolute atomic E-state index is 0.202. The van der Waals surface area contributed by atoms with Crippen LogP contribution < -0.4 is 9.64 Å². The molecule has 174 valence electrons. The average molecular weight is 478 g/mol. The van der Waals surface area contributed by atoms with Crippen LogP contribution >= 0.6 is 11.3 Å². The van der Waals surface area contributed by atoms with Gasteiger partial charge in [0, 0.05) is 42.2 Å². The maximum atomic E-state index is 13.2.